The molecule has 1 heterocycles. The second kappa shape index (κ2) is 9.62. The molecule has 0 spiro atoms. The zero-order valence-corrected chi connectivity index (χ0v) is 15.4. The molecular weight excluding hydrogens is 361 g/mol. The molecule has 0 unspecified atom stereocenters. The summed E-state index contributed by atoms with van der Waals surface area (Å²) in [4.78, 5) is 27.3. The molecule has 2 rings (SSSR count). The number of ether oxygens (including phenoxy) is 1. The fourth-order valence-electron chi connectivity index (χ4n) is 3.02. The van der Waals surface area contributed by atoms with Gasteiger partial charge in [-0.2, -0.15) is 13.2 Å². The molecule has 1 aliphatic rings. The predicted molar refractivity (Wildman–Crippen MR) is 94.2 cm³/mol. The minimum absolute atomic E-state index is 0.0396. The van der Waals surface area contributed by atoms with Gasteiger partial charge in [0.1, 0.15) is 5.75 Å². The number of alkyl halides is 3. The van der Waals surface area contributed by atoms with E-state index in [9.17, 15) is 22.8 Å². The summed E-state index contributed by atoms with van der Waals surface area (Å²) in [6, 6.07) is 9.22. The third kappa shape index (κ3) is 7.11. The van der Waals surface area contributed by atoms with Crippen LogP contribution in [0.15, 0.2) is 30.3 Å². The van der Waals surface area contributed by atoms with E-state index in [1.54, 1.807) is 4.90 Å². The molecule has 1 aliphatic heterocycles. The van der Waals surface area contributed by atoms with Crippen LogP contribution in [0, 0.1) is 5.92 Å². The monoisotopic (exact) mass is 386 g/mol. The number of piperidine rings is 1. The molecule has 150 valence electrons. The van der Waals surface area contributed by atoms with E-state index < -0.39 is 12.6 Å². The van der Waals surface area contributed by atoms with Crippen LogP contribution in [-0.2, 0) is 9.59 Å². The molecule has 1 aromatic rings. The highest BCUT2D eigenvalue weighted by Crippen LogP contribution is 2.23. The maximum absolute atomic E-state index is 12.3. The number of likely N-dealkylation sites (tertiary alicyclic amines) is 1. The first-order valence-corrected chi connectivity index (χ1v) is 9.03. The highest BCUT2D eigenvalue weighted by Gasteiger charge is 2.32. The van der Waals surface area contributed by atoms with E-state index in [0.29, 0.717) is 31.7 Å². The zero-order valence-electron chi connectivity index (χ0n) is 15.4. The quantitative estimate of drug-likeness (QED) is 0.724. The molecule has 2 amide bonds. The lowest BCUT2D eigenvalue weighted by molar-refractivity contribution is -0.148. The van der Waals surface area contributed by atoms with Gasteiger partial charge in [0.25, 0.3) is 0 Å². The number of halogens is 3. The van der Waals surface area contributed by atoms with Gasteiger partial charge in [-0.1, -0.05) is 18.2 Å². The summed E-state index contributed by atoms with van der Waals surface area (Å²) in [5.74, 6) is 0.0605. The van der Waals surface area contributed by atoms with Gasteiger partial charge >= 0.3 is 6.18 Å². The van der Waals surface area contributed by atoms with Crippen LogP contribution >= 0.6 is 0 Å². The Hall–Kier alpha value is -2.25. The Balaban J connectivity index is 1.69. The topological polar surface area (TPSA) is 49.9 Å². The maximum atomic E-state index is 12.3. The largest absolute Gasteiger partial charge is 0.493 e. The molecule has 27 heavy (non-hydrogen) atoms. The molecule has 0 radical (unpaired) electrons. The van der Waals surface area contributed by atoms with Crippen LogP contribution in [0.25, 0.3) is 0 Å². The number of para-hydroxylation sites is 1. The summed E-state index contributed by atoms with van der Waals surface area (Å²) >= 11 is 0. The van der Waals surface area contributed by atoms with E-state index in [1.807, 2.05) is 30.3 Å². The fourth-order valence-corrected chi connectivity index (χ4v) is 3.02. The molecule has 0 N–H and O–H groups in total. The summed E-state index contributed by atoms with van der Waals surface area (Å²) in [5.41, 5.74) is 0. The van der Waals surface area contributed by atoms with Crippen molar-refractivity contribution in [2.24, 2.45) is 5.92 Å². The lowest BCUT2D eigenvalue weighted by atomic mass is 9.95. The Bertz CT molecular complexity index is 614. The maximum Gasteiger partial charge on any atom is 0.390 e. The van der Waals surface area contributed by atoms with Crippen LogP contribution in [0.1, 0.15) is 25.7 Å². The fraction of sp³-hybridized carbons (Fsp3) is 0.579. The van der Waals surface area contributed by atoms with Gasteiger partial charge in [0.05, 0.1) is 19.4 Å². The number of carbonyl (C=O) groups is 2. The third-order valence-electron chi connectivity index (χ3n) is 4.63. The van der Waals surface area contributed by atoms with Gasteiger partial charge in [-0.15, -0.1) is 0 Å². The summed E-state index contributed by atoms with van der Waals surface area (Å²) in [6.07, 6.45) is -4.08. The predicted octanol–water partition coefficient (Wildman–Crippen LogP) is 3.10. The summed E-state index contributed by atoms with van der Waals surface area (Å²) < 4.78 is 42.4. The molecule has 0 aromatic heterocycles. The minimum atomic E-state index is -4.27. The molecule has 0 bridgehead atoms. The minimum Gasteiger partial charge on any atom is -0.493 e. The lowest BCUT2D eigenvalue weighted by Crippen LogP contribution is -2.44. The van der Waals surface area contributed by atoms with E-state index in [0.717, 1.165) is 4.90 Å². The Morgan fingerprint density at radius 2 is 1.81 bits per heavy atom. The molecule has 8 heteroatoms. The van der Waals surface area contributed by atoms with Gasteiger partial charge < -0.3 is 14.5 Å². The van der Waals surface area contributed by atoms with E-state index in [-0.39, 0.29) is 37.3 Å². The number of rotatable bonds is 7. The van der Waals surface area contributed by atoms with Crippen molar-refractivity contribution < 1.29 is 27.5 Å². The van der Waals surface area contributed by atoms with Crippen molar-refractivity contribution in [1.29, 1.82) is 0 Å². The molecule has 1 aromatic carbocycles. The third-order valence-corrected chi connectivity index (χ3v) is 4.63. The van der Waals surface area contributed by atoms with Crippen LogP contribution in [-0.4, -0.2) is 61.1 Å². The summed E-state index contributed by atoms with van der Waals surface area (Å²) in [6.45, 7) is 0.821. The second-order valence-corrected chi connectivity index (χ2v) is 6.69. The zero-order chi connectivity index (χ0) is 19.9. The van der Waals surface area contributed by atoms with Crippen molar-refractivity contribution in [1.82, 2.24) is 9.80 Å². The Morgan fingerprint density at radius 1 is 1.19 bits per heavy atom. The molecule has 1 fully saturated rings. The van der Waals surface area contributed by atoms with Crippen molar-refractivity contribution in [3.63, 3.8) is 0 Å². The molecule has 5 nitrogen and oxygen atoms in total. The van der Waals surface area contributed by atoms with Crippen molar-refractivity contribution >= 4 is 11.8 Å². The van der Waals surface area contributed by atoms with Crippen LogP contribution < -0.4 is 4.74 Å². The lowest BCUT2D eigenvalue weighted by Gasteiger charge is -2.33. The Morgan fingerprint density at radius 3 is 2.41 bits per heavy atom. The van der Waals surface area contributed by atoms with E-state index in [1.165, 1.54) is 7.05 Å². The summed E-state index contributed by atoms with van der Waals surface area (Å²) in [7, 11) is 1.40. The first kappa shape index (κ1) is 21.1. The standard InChI is InChI=1S/C19H25F3N2O3/c1-23(13-10-19(20,21)22)18(26)15-7-11-24(12-8-15)17(25)9-14-27-16-5-3-2-4-6-16/h2-6,15H,7-14H2,1H3. The molecule has 1 saturated heterocycles. The van der Waals surface area contributed by atoms with Gasteiger partial charge in [0, 0.05) is 32.6 Å². The highest BCUT2D eigenvalue weighted by molar-refractivity contribution is 5.80. The average Bonchev–Trinajstić information content (AvgIpc) is 2.66. The normalized spacial score (nSPS) is 15.5. The number of hydrogen-bond acceptors (Lipinski definition) is 3. The van der Waals surface area contributed by atoms with Gasteiger partial charge in [-0.3, -0.25) is 9.59 Å². The molecular formula is C19H25F3N2O3. The number of amides is 2. The molecule has 0 saturated carbocycles. The van der Waals surface area contributed by atoms with Crippen LogP contribution in [0.4, 0.5) is 13.2 Å². The number of carbonyl (C=O) groups excluding carboxylic acids is 2. The van der Waals surface area contributed by atoms with Gasteiger partial charge in [-0.05, 0) is 25.0 Å². The smallest absolute Gasteiger partial charge is 0.390 e. The van der Waals surface area contributed by atoms with Gasteiger partial charge in [-0.25, -0.2) is 0 Å². The van der Waals surface area contributed by atoms with Gasteiger partial charge in [0.15, 0.2) is 0 Å². The summed E-state index contributed by atoms with van der Waals surface area (Å²) in [5, 5.41) is 0. The Kier molecular flexibility index (Phi) is 7.50. The van der Waals surface area contributed by atoms with Crippen LogP contribution in [0.3, 0.4) is 0 Å². The first-order valence-electron chi connectivity index (χ1n) is 9.03. The molecule has 0 aliphatic carbocycles. The number of hydrogen-bond donors (Lipinski definition) is 0. The van der Waals surface area contributed by atoms with E-state index in [2.05, 4.69) is 0 Å². The SMILES string of the molecule is CN(CCC(F)(F)F)C(=O)C1CCN(C(=O)CCOc2ccccc2)CC1. The van der Waals surface area contributed by atoms with E-state index in [4.69, 9.17) is 4.74 Å². The number of nitrogens with zero attached hydrogens (tertiary/aromatic N) is 2. The van der Waals surface area contributed by atoms with Crippen molar-refractivity contribution in [2.75, 3.05) is 33.3 Å². The Labute approximate surface area is 157 Å². The van der Waals surface area contributed by atoms with Gasteiger partial charge in [0.2, 0.25) is 11.8 Å². The van der Waals surface area contributed by atoms with Crippen molar-refractivity contribution in [3.8, 4) is 5.75 Å². The van der Waals surface area contributed by atoms with Crippen LogP contribution in [0.2, 0.25) is 0 Å². The highest BCUT2D eigenvalue weighted by atomic mass is 19.4. The van der Waals surface area contributed by atoms with E-state index >= 15 is 0 Å². The van der Waals surface area contributed by atoms with Crippen molar-refractivity contribution in [2.45, 2.75) is 31.9 Å². The molecule has 0 atom stereocenters. The van der Waals surface area contributed by atoms with Crippen LogP contribution in [0.5, 0.6) is 5.75 Å². The number of benzene rings is 1. The van der Waals surface area contributed by atoms with Crippen molar-refractivity contribution in [3.05, 3.63) is 30.3 Å². The second-order valence-electron chi connectivity index (χ2n) is 6.69. The first-order chi connectivity index (χ1) is 12.8. The average molecular weight is 386 g/mol.